The van der Waals surface area contributed by atoms with Crippen molar-refractivity contribution in [2.24, 2.45) is 0 Å². The van der Waals surface area contributed by atoms with Crippen LogP contribution in [0.2, 0.25) is 0 Å². The van der Waals surface area contributed by atoms with Gasteiger partial charge in [0.25, 0.3) is 0 Å². The Morgan fingerprint density at radius 1 is 0.239 bits per heavy atom. The Morgan fingerprint density at radius 3 is 0.932 bits per heavy atom. The third-order valence-corrected chi connectivity index (χ3v) is 18.6. The van der Waals surface area contributed by atoms with Crippen LogP contribution in [0.25, 0.3) is 64.2 Å². The van der Waals surface area contributed by atoms with E-state index in [1.807, 2.05) is 0 Å². The topological polar surface area (TPSA) is 38.7 Å². The summed E-state index contributed by atoms with van der Waals surface area (Å²) in [6, 6.07) is 106. The van der Waals surface area contributed by atoms with E-state index in [9.17, 15) is 0 Å². The third kappa shape index (κ3) is 10.3. The summed E-state index contributed by atoms with van der Waals surface area (Å²) < 4.78 is 2.27. The van der Waals surface area contributed by atoms with Crippen LogP contribution in [0.3, 0.4) is 0 Å². The minimum absolute atomic E-state index is 0.897. The zero-order valence-electron chi connectivity index (χ0n) is 49.2. The maximum absolute atomic E-state index is 5.32. The molecule has 0 atom stereocenters. The summed E-state index contributed by atoms with van der Waals surface area (Å²) >= 11 is 3.41. The maximum atomic E-state index is 5.32. The van der Waals surface area contributed by atoms with Crippen molar-refractivity contribution >= 4 is 132 Å². The number of rotatable bonds is 14. The molecule has 0 saturated heterocycles. The number of hydrogen-bond donors (Lipinski definition) is 0. The van der Waals surface area contributed by atoms with Crippen molar-refractivity contribution in [3.05, 3.63) is 313 Å². The summed E-state index contributed by atoms with van der Waals surface area (Å²) in [6.07, 6.45) is 0. The summed E-state index contributed by atoms with van der Waals surface area (Å²) in [6.45, 7) is 8.61. The Morgan fingerprint density at radius 2 is 0.557 bits per heavy atom. The summed E-state index contributed by atoms with van der Waals surface area (Å²) in [5, 5.41) is 6.28. The second-order valence-electron chi connectivity index (χ2n) is 22.6. The lowest BCUT2D eigenvalue weighted by molar-refractivity contribution is 1.25. The van der Waals surface area contributed by atoms with Crippen LogP contribution in [-0.4, -0.2) is 9.97 Å². The van der Waals surface area contributed by atoms with Gasteiger partial charge in [0.2, 0.25) is 0 Å². The van der Waals surface area contributed by atoms with E-state index in [-0.39, 0.29) is 0 Å². The van der Waals surface area contributed by atoms with Gasteiger partial charge in [-0.05, 0) is 228 Å². The van der Waals surface area contributed by atoms with Crippen LogP contribution >= 0.6 is 22.7 Å². The average molecular weight is 1170 g/mol. The molecule has 0 unspecified atom stereocenters. The van der Waals surface area contributed by atoms with Crippen molar-refractivity contribution < 1.29 is 0 Å². The normalized spacial score (nSPS) is 11.4. The van der Waals surface area contributed by atoms with Gasteiger partial charge in [-0.1, -0.05) is 179 Å². The molecule has 0 saturated carbocycles. The first kappa shape index (κ1) is 54.0. The quantitative estimate of drug-likeness (QED) is 0.101. The van der Waals surface area contributed by atoms with Gasteiger partial charge in [-0.3, -0.25) is 9.80 Å². The lowest BCUT2D eigenvalue weighted by atomic mass is 9.85. The summed E-state index contributed by atoms with van der Waals surface area (Å²) in [4.78, 5) is 20.0. The van der Waals surface area contributed by atoms with Crippen molar-refractivity contribution in [2.75, 3.05) is 19.6 Å². The van der Waals surface area contributed by atoms with E-state index < -0.39 is 0 Å². The Labute approximate surface area is 521 Å². The summed E-state index contributed by atoms with van der Waals surface area (Å²) in [5.41, 5.74) is 21.9. The number of anilines is 12. The summed E-state index contributed by atoms with van der Waals surface area (Å²) in [5.74, 6) is 0. The molecule has 2 aromatic heterocycles. The highest BCUT2D eigenvalue weighted by atomic mass is 32.1. The molecule has 15 aromatic rings. The number of aromatic nitrogens is 2. The number of nitrogens with zero attached hydrogens (tertiary/aromatic N) is 6. The van der Waals surface area contributed by atoms with Crippen LogP contribution in [0.1, 0.15) is 22.3 Å². The number of thiazole rings is 2. The second-order valence-corrected chi connectivity index (χ2v) is 24.6. The van der Waals surface area contributed by atoms with E-state index in [1.165, 1.54) is 22.3 Å². The van der Waals surface area contributed by atoms with Gasteiger partial charge in [0.05, 0.1) is 20.4 Å². The van der Waals surface area contributed by atoms with Crippen LogP contribution in [0, 0.1) is 27.7 Å². The van der Waals surface area contributed by atoms with E-state index in [0.29, 0.717) is 0 Å². The highest BCUT2D eigenvalue weighted by Gasteiger charge is 2.26. The zero-order valence-corrected chi connectivity index (χ0v) is 50.8. The first-order valence-corrected chi connectivity index (χ1v) is 31.4. The van der Waals surface area contributed by atoms with E-state index in [2.05, 4.69) is 338 Å². The number of benzene rings is 13. The monoisotopic (exact) mass is 1170 g/mol. The van der Waals surface area contributed by atoms with Crippen LogP contribution in [0.4, 0.5) is 67.1 Å². The molecule has 0 aliphatic rings. The molecular weight excluding hydrogens is 1110 g/mol. The van der Waals surface area contributed by atoms with Gasteiger partial charge in [-0.15, -0.1) is 0 Å². The first-order valence-electron chi connectivity index (χ1n) is 29.8. The van der Waals surface area contributed by atoms with Gasteiger partial charge in [-0.2, -0.15) is 0 Å². The molecule has 422 valence electrons. The lowest BCUT2D eigenvalue weighted by Gasteiger charge is -2.27. The lowest BCUT2D eigenvalue weighted by Crippen LogP contribution is -2.10. The van der Waals surface area contributed by atoms with Gasteiger partial charge < -0.3 is 9.80 Å². The van der Waals surface area contributed by atoms with Gasteiger partial charge in [0.15, 0.2) is 10.3 Å². The van der Waals surface area contributed by atoms with E-state index in [1.54, 1.807) is 22.7 Å². The van der Waals surface area contributed by atoms with E-state index in [4.69, 9.17) is 9.97 Å². The van der Waals surface area contributed by atoms with E-state index in [0.717, 1.165) is 131 Å². The number of fused-ring (bicyclic) bond motifs is 4. The van der Waals surface area contributed by atoms with Crippen LogP contribution in [-0.2, 0) is 0 Å². The molecule has 0 spiro atoms. The van der Waals surface area contributed by atoms with Crippen LogP contribution in [0.15, 0.2) is 291 Å². The van der Waals surface area contributed by atoms with Gasteiger partial charge in [-0.25, -0.2) is 9.97 Å². The van der Waals surface area contributed by atoms with E-state index >= 15 is 0 Å². The molecule has 13 aromatic carbocycles. The predicted molar refractivity (Wildman–Crippen MR) is 376 cm³/mol. The highest BCUT2D eigenvalue weighted by molar-refractivity contribution is 7.22. The highest BCUT2D eigenvalue weighted by Crippen LogP contribution is 2.51. The fraction of sp³-hybridized carbons (Fsp3) is 0.0500. The molecule has 2 heterocycles. The third-order valence-electron chi connectivity index (χ3n) is 16.5. The minimum Gasteiger partial charge on any atom is -0.310 e. The van der Waals surface area contributed by atoms with Crippen molar-refractivity contribution in [1.82, 2.24) is 9.97 Å². The number of aryl methyl sites for hydroxylation is 4. The van der Waals surface area contributed by atoms with Crippen molar-refractivity contribution in [3.63, 3.8) is 0 Å². The van der Waals surface area contributed by atoms with Gasteiger partial charge in [0.1, 0.15) is 0 Å². The molecule has 0 bridgehead atoms. The summed E-state index contributed by atoms with van der Waals surface area (Å²) in [7, 11) is 0. The number of para-hydroxylation sites is 4. The SMILES string of the molecule is Cc1ccc(N(c2ccc(-c3c4ccc(N(c5ccccc5)c5nc6ccccc6s5)cc4c(-c4ccc(N(c5ccc(C)cc5)c5cccc(C)c5)cc4)c4ccc(N(c5ccccc5)c5nc6ccccc6s5)cc34)cc2)c2cccc(C)c2)cc1. The molecule has 0 N–H and O–H groups in total. The molecule has 0 radical (unpaired) electrons. The molecule has 88 heavy (non-hydrogen) atoms. The molecule has 0 fully saturated rings. The standard InChI is InChI=1S/C80H60N6S2/c1-53-29-37-61(38-30-53)83(65-23-15-17-55(3)49-65)63-41-33-57(34-42-63)77-69-47-45-68(86(60-21-9-6-10-22-60)80-82-74-26-12-14-28-76(74)88-80)52-72(69)78(58-35-43-64(44-36-58)84(62-39-31-54(2)32-40-62)66-24-16-18-56(4)50-66)70-48-46-67(51-71(70)77)85(59-19-7-5-8-20-59)79-81-73-25-11-13-27-75(73)87-79/h5-52H,1-4H3. The first-order chi connectivity index (χ1) is 43.2. The largest absolute Gasteiger partial charge is 0.310 e. The fourth-order valence-corrected chi connectivity index (χ4v) is 14.3. The second kappa shape index (κ2) is 23.0. The van der Waals surface area contributed by atoms with Crippen molar-refractivity contribution in [1.29, 1.82) is 0 Å². The average Bonchev–Trinajstić information content (AvgIpc) is 1.52. The molecule has 0 amide bonds. The molecule has 8 heteroatoms. The number of hydrogen-bond acceptors (Lipinski definition) is 8. The molecule has 0 aliphatic heterocycles. The Bertz CT molecular complexity index is 4640. The van der Waals surface area contributed by atoms with Crippen LogP contribution in [0.5, 0.6) is 0 Å². The van der Waals surface area contributed by atoms with Crippen LogP contribution < -0.4 is 19.6 Å². The Kier molecular flexibility index (Phi) is 14.1. The molecular formula is C80H60N6S2. The van der Waals surface area contributed by atoms with Gasteiger partial charge in [0, 0.05) is 56.9 Å². The van der Waals surface area contributed by atoms with Crippen molar-refractivity contribution in [3.8, 4) is 22.3 Å². The molecule has 0 aliphatic carbocycles. The maximum Gasteiger partial charge on any atom is 0.195 e. The minimum atomic E-state index is 0.897. The predicted octanol–water partition coefficient (Wildman–Crippen LogP) is 23.7. The Hall–Kier alpha value is -10.6. The van der Waals surface area contributed by atoms with Crippen molar-refractivity contribution in [2.45, 2.75) is 27.7 Å². The molecule has 6 nitrogen and oxygen atoms in total. The zero-order chi connectivity index (χ0) is 59.2. The fourth-order valence-electron chi connectivity index (χ4n) is 12.3. The molecule has 15 rings (SSSR count). The smallest absolute Gasteiger partial charge is 0.195 e. The van der Waals surface area contributed by atoms with Gasteiger partial charge >= 0.3 is 0 Å². The Balaban J connectivity index is 1.00.